The average Bonchev–Trinajstić information content (AvgIpc) is 2.15. The molecule has 2 N–H and O–H groups in total. The van der Waals surface area contributed by atoms with Gasteiger partial charge in [0.1, 0.15) is 0 Å². The highest BCUT2D eigenvalue weighted by Gasteiger charge is 2.13. The first-order chi connectivity index (χ1) is 7.63. The largest absolute Gasteiger partial charge is 0.478 e. The zero-order valence-corrected chi connectivity index (χ0v) is 10.5. The van der Waals surface area contributed by atoms with Crippen LogP contribution in [-0.2, 0) is 0 Å². The van der Waals surface area contributed by atoms with E-state index in [1.165, 1.54) is 24.3 Å². The van der Waals surface area contributed by atoms with Crippen molar-refractivity contribution in [2.45, 2.75) is 0 Å². The van der Waals surface area contributed by atoms with Crippen LogP contribution in [0.2, 0.25) is 0 Å². The van der Waals surface area contributed by atoms with Crippen molar-refractivity contribution in [2.75, 3.05) is 28.2 Å². The summed E-state index contributed by atoms with van der Waals surface area (Å²) in [6, 6.07) is 5.48. The molecule has 0 saturated heterocycles. The van der Waals surface area contributed by atoms with Crippen LogP contribution in [0.25, 0.3) is 0 Å². The van der Waals surface area contributed by atoms with Gasteiger partial charge in [0.25, 0.3) is 0 Å². The fourth-order valence-electron chi connectivity index (χ4n) is 0.856. The number of carbonyl (C=O) groups is 2. The van der Waals surface area contributed by atoms with Crippen molar-refractivity contribution in [3.05, 3.63) is 35.4 Å². The van der Waals surface area contributed by atoms with Crippen LogP contribution in [0, 0.1) is 0 Å². The van der Waals surface area contributed by atoms with E-state index in [1.54, 1.807) is 0 Å². The molecule has 94 valence electrons. The van der Waals surface area contributed by atoms with Crippen molar-refractivity contribution in [3.8, 4) is 0 Å². The molecule has 1 aromatic carbocycles. The molecule has 5 nitrogen and oxygen atoms in total. The summed E-state index contributed by atoms with van der Waals surface area (Å²) in [5.74, 6) is -2.46. The summed E-state index contributed by atoms with van der Waals surface area (Å²) in [7, 11) is 8.50. The lowest BCUT2D eigenvalue weighted by atomic mass is 10.1. The highest BCUT2D eigenvalue weighted by Crippen LogP contribution is 2.07. The second kappa shape index (κ2) is 6.00. The van der Waals surface area contributed by atoms with Crippen molar-refractivity contribution in [3.63, 3.8) is 0 Å². The highest BCUT2D eigenvalue weighted by atomic mass is 16.4. The molecule has 0 unspecified atom stereocenters. The summed E-state index contributed by atoms with van der Waals surface area (Å²) >= 11 is 0. The number of rotatable bonds is 2. The van der Waals surface area contributed by atoms with E-state index in [0.29, 0.717) is 0 Å². The van der Waals surface area contributed by atoms with Gasteiger partial charge in [-0.25, -0.2) is 9.59 Å². The number of carboxylic acids is 2. The first-order valence-electron chi connectivity index (χ1n) is 4.97. The molecular formula is C12H18NO4+. The van der Waals surface area contributed by atoms with Gasteiger partial charge in [0, 0.05) is 0 Å². The SMILES string of the molecule is C[N+](C)(C)C.O=C(O)c1ccccc1C(=O)O. The first-order valence-corrected chi connectivity index (χ1v) is 4.97. The predicted molar refractivity (Wildman–Crippen MR) is 64.3 cm³/mol. The van der Waals surface area contributed by atoms with Crippen molar-refractivity contribution in [1.29, 1.82) is 0 Å². The number of quaternary nitrogens is 1. The Kier molecular flexibility index (Phi) is 5.34. The zero-order valence-electron chi connectivity index (χ0n) is 10.5. The van der Waals surface area contributed by atoms with E-state index >= 15 is 0 Å². The van der Waals surface area contributed by atoms with Gasteiger partial charge in [-0.2, -0.15) is 0 Å². The van der Waals surface area contributed by atoms with E-state index < -0.39 is 11.9 Å². The number of carboxylic acid groups (broad SMARTS) is 2. The van der Waals surface area contributed by atoms with Gasteiger partial charge in [-0.15, -0.1) is 0 Å². The van der Waals surface area contributed by atoms with Crippen LogP contribution in [0.15, 0.2) is 24.3 Å². The maximum atomic E-state index is 10.5. The monoisotopic (exact) mass is 240 g/mol. The second-order valence-corrected chi connectivity index (χ2v) is 4.84. The molecular weight excluding hydrogens is 222 g/mol. The van der Waals surface area contributed by atoms with Gasteiger partial charge < -0.3 is 14.7 Å². The lowest BCUT2D eigenvalue weighted by molar-refractivity contribution is -0.849. The minimum absolute atomic E-state index is 0.190. The molecule has 0 spiro atoms. The molecule has 0 saturated carbocycles. The molecule has 0 aromatic heterocycles. The summed E-state index contributed by atoms with van der Waals surface area (Å²) in [5, 5.41) is 17.1. The molecule has 0 atom stereocenters. The van der Waals surface area contributed by atoms with Crippen LogP contribution in [-0.4, -0.2) is 54.8 Å². The Morgan fingerprint density at radius 3 is 1.29 bits per heavy atom. The van der Waals surface area contributed by atoms with Gasteiger partial charge in [0.05, 0.1) is 39.3 Å². The molecule has 0 amide bonds. The molecule has 0 aliphatic rings. The quantitative estimate of drug-likeness (QED) is 0.766. The van der Waals surface area contributed by atoms with E-state index in [0.717, 1.165) is 4.48 Å². The van der Waals surface area contributed by atoms with Crippen LogP contribution in [0.4, 0.5) is 0 Å². The molecule has 17 heavy (non-hydrogen) atoms. The summed E-state index contributed by atoms with van der Waals surface area (Å²) in [6.07, 6.45) is 0. The fraction of sp³-hybridized carbons (Fsp3) is 0.333. The average molecular weight is 240 g/mol. The van der Waals surface area contributed by atoms with E-state index in [1.807, 2.05) is 0 Å². The highest BCUT2D eigenvalue weighted by molar-refractivity contribution is 6.01. The molecule has 5 heteroatoms. The minimum atomic E-state index is -1.23. The van der Waals surface area contributed by atoms with Crippen LogP contribution >= 0.6 is 0 Å². The lowest BCUT2D eigenvalue weighted by Crippen LogP contribution is -2.27. The number of hydrogen-bond donors (Lipinski definition) is 2. The van der Waals surface area contributed by atoms with Gasteiger partial charge in [-0.1, -0.05) is 12.1 Å². The standard InChI is InChI=1S/C8H6O4.C4H12N/c9-7(10)5-3-1-2-4-6(5)8(11)12;1-5(2,3)4/h1-4H,(H,9,10)(H,11,12);1-4H3/q;+1. The van der Waals surface area contributed by atoms with Gasteiger partial charge in [0.15, 0.2) is 0 Å². The van der Waals surface area contributed by atoms with Crippen molar-refractivity contribution in [2.24, 2.45) is 0 Å². The van der Waals surface area contributed by atoms with Gasteiger partial charge in [-0.3, -0.25) is 0 Å². The Hall–Kier alpha value is -1.88. The maximum absolute atomic E-state index is 10.5. The van der Waals surface area contributed by atoms with E-state index in [-0.39, 0.29) is 11.1 Å². The summed E-state index contributed by atoms with van der Waals surface area (Å²) in [5.41, 5.74) is -0.380. The summed E-state index contributed by atoms with van der Waals surface area (Å²) in [6.45, 7) is 0. The minimum Gasteiger partial charge on any atom is -0.478 e. The topological polar surface area (TPSA) is 74.6 Å². The molecule has 0 heterocycles. The van der Waals surface area contributed by atoms with Crippen LogP contribution in [0.3, 0.4) is 0 Å². The Labute approximate surface area is 101 Å². The molecule has 0 aliphatic heterocycles. The number of benzene rings is 1. The van der Waals surface area contributed by atoms with Gasteiger partial charge in [-0.05, 0) is 12.1 Å². The molecule has 0 radical (unpaired) electrons. The molecule has 0 fully saturated rings. The number of aromatic carboxylic acids is 2. The second-order valence-electron chi connectivity index (χ2n) is 4.84. The molecule has 0 aliphatic carbocycles. The Balaban J connectivity index is 0.000000437. The maximum Gasteiger partial charge on any atom is 0.336 e. The summed E-state index contributed by atoms with van der Waals surface area (Å²) in [4.78, 5) is 20.9. The Morgan fingerprint density at radius 1 is 0.882 bits per heavy atom. The number of hydrogen-bond acceptors (Lipinski definition) is 2. The Morgan fingerprint density at radius 2 is 1.12 bits per heavy atom. The fourth-order valence-corrected chi connectivity index (χ4v) is 0.856. The van der Waals surface area contributed by atoms with E-state index in [2.05, 4.69) is 28.2 Å². The third-order valence-corrected chi connectivity index (χ3v) is 1.39. The smallest absolute Gasteiger partial charge is 0.336 e. The van der Waals surface area contributed by atoms with Crippen molar-refractivity contribution in [1.82, 2.24) is 0 Å². The third-order valence-electron chi connectivity index (χ3n) is 1.39. The van der Waals surface area contributed by atoms with E-state index in [9.17, 15) is 9.59 Å². The third kappa shape index (κ3) is 7.08. The molecule has 0 bridgehead atoms. The van der Waals surface area contributed by atoms with Crippen LogP contribution in [0.1, 0.15) is 20.7 Å². The lowest BCUT2D eigenvalue weighted by Gasteiger charge is -2.14. The van der Waals surface area contributed by atoms with Crippen LogP contribution in [0.5, 0.6) is 0 Å². The first kappa shape index (κ1) is 15.1. The Bertz CT molecular complexity index is 368. The zero-order chi connectivity index (χ0) is 13.6. The van der Waals surface area contributed by atoms with E-state index in [4.69, 9.17) is 10.2 Å². The van der Waals surface area contributed by atoms with Crippen molar-refractivity contribution < 1.29 is 24.3 Å². The number of nitrogens with zero attached hydrogens (tertiary/aromatic N) is 1. The normalized spacial score (nSPS) is 10.1. The molecule has 1 aromatic rings. The predicted octanol–water partition coefficient (Wildman–Crippen LogP) is 1.41. The van der Waals surface area contributed by atoms with Gasteiger partial charge >= 0.3 is 11.9 Å². The van der Waals surface area contributed by atoms with Crippen LogP contribution < -0.4 is 0 Å². The van der Waals surface area contributed by atoms with Crippen molar-refractivity contribution >= 4 is 11.9 Å². The van der Waals surface area contributed by atoms with Gasteiger partial charge in [0.2, 0.25) is 0 Å². The molecule has 1 rings (SSSR count). The summed E-state index contributed by atoms with van der Waals surface area (Å²) < 4.78 is 1.00.